The van der Waals surface area contributed by atoms with E-state index in [-0.39, 0.29) is 17.6 Å². The highest BCUT2D eigenvalue weighted by atomic mass is 32.2. The van der Waals surface area contributed by atoms with Gasteiger partial charge in [0.15, 0.2) is 5.60 Å². The van der Waals surface area contributed by atoms with Gasteiger partial charge in [-0.3, -0.25) is 13.8 Å². The van der Waals surface area contributed by atoms with Crippen LogP contribution in [-0.4, -0.2) is 46.7 Å². The third-order valence-electron chi connectivity index (χ3n) is 4.82. The Labute approximate surface area is 175 Å². The lowest BCUT2D eigenvalue weighted by molar-refractivity contribution is -0.127. The van der Waals surface area contributed by atoms with E-state index in [1.807, 2.05) is 31.2 Å². The van der Waals surface area contributed by atoms with E-state index < -0.39 is 16.4 Å². The number of nitrogens with one attached hydrogen (secondary N) is 1. The third kappa shape index (κ3) is 7.65. The number of ketones is 1. The highest BCUT2D eigenvalue weighted by molar-refractivity contribution is 7.84. The van der Waals surface area contributed by atoms with Crippen LogP contribution in [0.4, 0.5) is 0 Å². The zero-order chi connectivity index (χ0) is 21.4. The molecule has 1 heterocycles. The molecule has 1 N–H and O–H groups in total. The van der Waals surface area contributed by atoms with Gasteiger partial charge in [0.2, 0.25) is 11.7 Å². The van der Waals surface area contributed by atoms with E-state index in [0.29, 0.717) is 25.3 Å². The number of hydrogen-bond donors (Lipinski definition) is 1. The smallest absolute Gasteiger partial charge is 0.220 e. The van der Waals surface area contributed by atoms with Crippen LogP contribution >= 0.6 is 0 Å². The molecule has 0 aromatic heterocycles. The average molecular weight is 422 g/mol. The lowest BCUT2D eigenvalue weighted by atomic mass is 10.0. The average Bonchev–Trinajstić information content (AvgIpc) is 2.94. The Morgan fingerprint density at radius 2 is 1.97 bits per heavy atom. The van der Waals surface area contributed by atoms with Gasteiger partial charge >= 0.3 is 0 Å². The SMILES string of the molecule is CC(CCOc1ccc(CCNC(=O)CCS(C)=O)cc1)C1=CC(=O)C(C)(C)O1. The standard InChI is InChI=1S/C22H31NO5S/c1-16(19-15-20(24)22(2,3)28-19)10-13-27-18-7-5-17(6-8-18)9-12-23-21(25)11-14-29(4)26/h5-8,15-16H,9-14H2,1-4H3,(H,23,25). The van der Waals surface area contributed by atoms with Crippen LogP contribution in [0.15, 0.2) is 36.1 Å². The molecule has 0 aliphatic carbocycles. The molecule has 0 saturated heterocycles. The van der Waals surface area contributed by atoms with Crippen molar-refractivity contribution < 1.29 is 23.3 Å². The molecule has 6 nitrogen and oxygen atoms in total. The van der Waals surface area contributed by atoms with Gasteiger partial charge in [0.05, 0.1) is 6.61 Å². The maximum absolute atomic E-state index is 11.8. The fourth-order valence-corrected chi connectivity index (χ4v) is 3.31. The Balaban J connectivity index is 1.67. The van der Waals surface area contributed by atoms with Crippen molar-refractivity contribution in [1.82, 2.24) is 5.32 Å². The normalized spacial score (nSPS) is 17.2. The molecular weight excluding hydrogens is 390 g/mol. The van der Waals surface area contributed by atoms with Crippen molar-refractivity contribution >= 4 is 22.5 Å². The predicted octanol–water partition coefficient (Wildman–Crippen LogP) is 2.78. The lowest BCUT2D eigenvalue weighted by Gasteiger charge is -2.21. The van der Waals surface area contributed by atoms with Crippen molar-refractivity contribution in [2.75, 3.05) is 25.2 Å². The van der Waals surface area contributed by atoms with Crippen molar-refractivity contribution in [1.29, 1.82) is 0 Å². The molecule has 0 fully saturated rings. The summed E-state index contributed by atoms with van der Waals surface area (Å²) in [5.41, 5.74) is 0.351. The first-order valence-corrected chi connectivity index (χ1v) is 11.6. The zero-order valence-electron chi connectivity index (χ0n) is 17.7. The minimum absolute atomic E-state index is 0.00683. The van der Waals surface area contributed by atoms with Crippen LogP contribution in [0.5, 0.6) is 5.75 Å². The number of rotatable bonds is 11. The molecule has 0 saturated carbocycles. The van der Waals surface area contributed by atoms with Gasteiger partial charge in [0.25, 0.3) is 0 Å². The molecule has 1 aliphatic rings. The van der Waals surface area contributed by atoms with Gasteiger partial charge in [-0.05, 0) is 44.4 Å². The van der Waals surface area contributed by atoms with Crippen LogP contribution < -0.4 is 10.1 Å². The Bertz CT molecular complexity index is 770. The van der Waals surface area contributed by atoms with E-state index in [4.69, 9.17) is 9.47 Å². The van der Waals surface area contributed by atoms with E-state index in [1.54, 1.807) is 26.2 Å². The molecule has 2 unspecified atom stereocenters. The Morgan fingerprint density at radius 1 is 1.28 bits per heavy atom. The number of amides is 1. The molecule has 0 radical (unpaired) electrons. The third-order valence-corrected chi connectivity index (χ3v) is 5.60. The van der Waals surface area contributed by atoms with Crippen LogP contribution in [-0.2, 0) is 31.5 Å². The van der Waals surface area contributed by atoms with Gasteiger partial charge in [-0.25, -0.2) is 0 Å². The number of carbonyl (C=O) groups is 2. The second-order valence-corrected chi connectivity index (χ2v) is 9.39. The van der Waals surface area contributed by atoms with Crippen LogP contribution in [0.3, 0.4) is 0 Å². The molecule has 7 heteroatoms. The van der Waals surface area contributed by atoms with E-state index in [1.165, 1.54) is 0 Å². The zero-order valence-corrected chi connectivity index (χ0v) is 18.5. The quantitative estimate of drug-likeness (QED) is 0.594. The highest BCUT2D eigenvalue weighted by Crippen LogP contribution is 2.30. The molecule has 1 aliphatic heterocycles. The first-order valence-electron chi connectivity index (χ1n) is 9.91. The van der Waals surface area contributed by atoms with Crippen LogP contribution in [0.2, 0.25) is 0 Å². The molecule has 2 atom stereocenters. The number of carbonyl (C=O) groups excluding carboxylic acids is 2. The van der Waals surface area contributed by atoms with E-state index in [9.17, 15) is 13.8 Å². The summed E-state index contributed by atoms with van der Waals surface area (Å²) in [6, 6.07) is 7.80. The van der Waals surface area contributed by atoms with Gasteiger partial charge < -0.3 is 14.8 Å². The summed E-state index contributed by atoms with van der Waals surface area (Å²) >= 11 is 0. The first-order chi connectivity index (χ1) is 13.7. The lowest BCUT2D eigenvalue weighted by Crippen LogP contribution is -2.28. The predicted molar refractivity (Wildman–Crippen MR) is 114 cm³/mol. The maximum Gasteiger partial charge on any atom is 0.220 e. The fraction of sp³-hybridized carbons (Fsp3) is 0.545. The topological polar surface area (TPSA) is 81.7 Å². The largest absolute Gasteiger partial charge is 0.494 e. The Kier molecular flexibility index (Phi) is 8.44. The minimum Gasteiger partial charge on any atom is -0.494 e. The summed E-state index contributed by atoms with van der Waals surface area (Å²) < 4.78 is 22.5. The number of benzene rings is 1. The minimum atomic E-state index is -0.942. The van der Waals surface area contributed by atoms with Crippen molar-refractivity contribution in [3.63, 3.8) is 0 Å². The summed E-state index contributed by atoms with van der Waals surface area (Å²) in [5, 5.41) is 2.84. The van der Waals surface area contributed by atoms with Crippen LogP contribution in [0.1, 0.15) is 39.2 Å². The van der Waals surface area contributed by atoms with Gasteiger partial charge in [-0.2, -0.15) is 0 Å². The summed E-state index contributed by atoms with van der Waals surface area (Å²) in [6.45, 7) is 6.67. The number of hydrogen-bond acceptors (Lipinski definition) is 5. The van der Waals surface area contributed by atoms with E-state index in [2.05, 4.69) is 5.32 Å². The van der Waals surface area contributed by atoms with E-state index in [0.717, 1.165) is 29.9 Å². The number of allylic oxidation sites excluding steroid dienone is 1. The molecule has 0 bridgehead atoms. The van der Waals surface area contributed by atoms with Gasteiger partial charge in [0.1, 0.15) is 11.5 Å². The Hall–Kier alpha value is -2.15. The molecule has 2 rings (SSSR count). The summed E-state index contributed by atoms with van der Waals surface area (Å²) in [7, 11) is -0.942. The van der Waals surface area contributed by atoms with Gasteiger partial charge in [-0.1, -0.05) is 19.1 Å². The Morgan fingerprint density at radius 3 is 2.55 bits per heavy atom. The van der Waals surface area contributed by atoms with E-state index >= 15 is 0 Å². The van der Waals surface area contributed by atoms with Gasteiger partial charge in [0, 0.05) is 47.8 Å². The highest BCUT2D eigenvalue weighted by Gasteiger charge is 2.36. The van der Waals surface area contributed by atoms with Gasteiger partial charge in [-0.15, -0.1) is 0 Å². The van der Waals surface area contributed by atoms with Crippen molar-refractivity contribution in [2.45, 2.75) is 45.6 Å². The summed E-state index contributed by atoms with van der Waals surface area (Å²) in [6.07, 6.45) is 4.97. The first kappa shape index (κ1) is 23.1. The maximum atomic E-state index is 11.8. The molecule has 160 valence electrons. The van der Waals surface area contributed by atoms with Crippen molar-refractivity contribution in [2.24, 2.45) is 5.92 Å². The second-order valence-electron chi connectivity index (χ2n) is 7.83. The molecule has 1 amide bonds. The number of ether oxygens (including phenoxy) is 2. The second kappa shape index (κ2) is 10.6. The molecule has 1 aromatic rings. The summed E-state index contributed by atoms with van der Waals surface area (Å²) in [5.74, 6) is 1.97. The van der Waals surface area contributed by atoms with Crippen molar-refractivity contribution in [3.8, 4) is 5.75 Å². The molecular formula is C22H31NO5S. The molecule has 1 aromatic carbocycles. The molecule has 29 heavy (non-hydrogen) atoms. The van der Waals surface area contributed by atoms with Crippen LogP contribution in [0.25, 0.3) is 0 Å². The monoisotopic (exact) mass is 421 g/mol. The fourth-order valence-electron chi connectivity index (χ4n) is 2.84. The summed E-state index contributed by atoms with van der Waals surface area (Å²) in [4.78, 5) is 23.5. The van der Waals surface area contributed by atoms with Crippen molar-refractivity contribution in [3.05, 3.63) is 41.7 Å². The molecule has 0 spiro atoms. The van der Waals surface area contributed by atoms with Crippen LogP contribution in [0, 0.1) is 5.92 Å².